The Hall–Kier alpha value is -3.37. The second-order valence-corrected chi connectivity index (χ2v) is 8.19. The molecule has 2 heterocycles. The van der Waals surface area contributed by atoms with E-state index in [-0.39, 0.29) is 17.5 Å². The van der Waals surface area contributed by atoms with Crippen molar-refractivity contribution in [2.24, 2.45) is 0 Å². The predicted octanol–water partition coefficient (Wildman–Crippen LogP) is 3.68. The van der Waals surface area contributed by atoms with Crippen LogP contribution in [0.25, 0.3) is 6.08 Å². The number of nitriles is 1. The maximum Gasteiger partial charge on any atom is 0.349 e. The van der Waals surface area contributed by atoms with Crippen molar-refractivity contribution < 1.29 is 19.1 Å². The fourth-order valence-corrected chi connectivity index (χ4v) is 3.82. The number of aromatic nitrogens is 1. The minimum Gasteiger partial charge on any atom is -0.453 e. The Morgan fingerprint density at radius 2 is 2.00 bits per heavy atom. The number of Topliss-reactive ketones (excluding diaryl/α,β-unsaturated/α-hetero) is 1. The summed E-state index contributed by atoms with van der Waals surface area (Å²) in [4.78, 5) is 27.1. The summed E-state index contributed by atoms with van der Waals surface area (Å²) in [7, 11) is 3.86. The van der Waals surface area contributed by atoms with E-state index in [9.17, 15) is 14.9 Å². The van der Waals surface area contributed by atoms with Crippen molar-refractivity contribution in [1.29, 1.82) is 5.26 Å². The van der Waals surface area contributed by atoms with Gasteiger partial charge in [0, 0.05) is 49.9 Å². The third kappa shape index (κ3) is 5.45. The second kappa shape index (κ2) is 10.3. The van der Waals surface area contributed by atoms with E-state index in [0.29, 0.717) is 17.7 Å². The number of benzene rings is 1. The van der Waals surface area contributed by atoms with Crippen LogP contribution in [0.4, 0.5) is 5.69 Å². The molecule has 168 valence electrons. The number of esters is 1. The minimum atomic E-state index is -0.814. The summed E-state index contributed by atoms with van der Waals surface area (Å²) >= 11 is 0. The molecule has 7 heteroatoms. The fourth-order valence-electron chi connectivity index (χ4n) is 3.82. The van der Waals surface area contributed by atoms with Crippen LogP contribution < -0.4 is 4.90 Å². The highest BCUT2D eigenvalue weighted by Crippen LogP contribution is 2.21. The first-order valence-electron chi connectivity index (χ1n) is 10.7. The summed E-state index contributed by atoms with van der Waals surface area (Å²) in [6, 6.07) is 11.1. The van der Waals surface area contributed by atoms with Crippen LogP contribution in [0.1, 0.15) is 40.2 Å². The minimum absolute atomic E-state index is 0.153. The van der Waals surface area contributed by atoms with Gasteiger partial charge in [-0.15, -0.1) is 0 Å². The van der Waals surface area contributed by atoms with E-state index in [1.807, 2.05) is 69.2 Å². The van der Waals surface area contributed by atoms with Crippen LogP contribution in [-0.4, -0.2) is 49.7 Å². The normalized spacial score (nSPS) is 16.0. The molecule has 0 aliphatic carbocycles. The lowest BCUT2D eigenvalue weighted by molar-refractivity contribution is -0.137. The Kier molecular flexibility index (Phi) is 7.49. The van der Waals surface area contributed by atoms with Gasteiger partial charge in [-0.05, 0) is 56.5 Å². The Balaban J connectivity index is 1.64. The highest BCUT2D eigenvalue weighted by atomic mass is 16.5. The lowest BCUT2D eigenvalue weighted by Gasteiger charge is -2.14. The first-order valence-corrected chi connectivity index (χ1v) is 10.7. The summed E-state index contributed by atoms with van der Waals surface area (Å²) in [5.41, 5.74) is 3.87. The number of hydrogen-bond donors (Lipinski definition) is 0. The average Bonchev–Trinajstić information content (AvgIpc) is 3.39. The fraction of sp³-hybridized carbons (Fsp3) is 0.400. The van der Waals surface area contributed by atoms with Crippen LogP contribution in [-0.2, 0) is 20.8 Å². The van der Waals surface area contributed by atoms with E-state index < -0.39 is 12.6 Å². The van der Waals surface area contributed by atoms with Crippen molar-refractivity contribution in [2.75, 3.05) is 32.2 Å². The van der Waals surface area contributed by atoms with Crippen molar-refractivity contribution >= 4 is 23.5 Å². The highest BCUT2D eigenvalue weighted by molar-refractivity contribution is 6.02. The van der Waals surface area contributed by atoms with E-state index in [1.165, 1.54) is 6.08 Å². The van der Waals surface area contributed by atoms with Gasteiger partial charge in [0.2, 0.25) is 5.78 Å². The molecule has 3 rings (SSSR count). The van der Waals surface area contributed by atoms with Gasteiger partial charge in [0.15, 0.2) is 6.61 Å². The Morgan fingerprint density at radius 3 is 2.59 bits per heavy atom. The predicted molar refractivity (Wildman–Crippen MR) is 123 cm³/mol. The van der Waals surface area contributed by atoms with Gasteiger partial charge < -0.3 is 18.9 Å². The molecule has 1 aromatic carbocycles. The SMILES string of the molecule is Cc1cc(C(=O)COC(=O)/C(C#N)=C/c2ccc(N(C)C)cc2)c(C)n1CC1CCCO1. The van der Waals surface area contributed by atoms with Crippen LogP contribution in [0.15, 0.2) is 35.9 Å². The number of carbonyl (C=O) groups is 2. The number of anilines is 1. The molecule has 2 aromatic rings. The largest absolute Gasteiger partial charge is 0.453 e. The van der Waals surface area contributed by atoms with Crippen molar-refractivity contribution in [3.8, 4) is 6.07 Å². The monoisotopic (exact) mass is 435 g/mol. The molecule has 0 radical (unpaired) electrons. The van der Waals surface area contributed by atoms with E-state index in [4.69, 9.17) is 9.47 Å². The molecular weight excluding hydrogens is 406 g/mol. The van der Waals surface area contributed by atoms with Gasteiger partial charge in [-0.1, -0.05) is 12.1 Å². The topological polar surface area (TPSA) is 84.6 Å². The first kappa shape index (κ1) is 23.3. The van der Waals surface area contributed by atoms with Crippen LogP contribution in [0, 0.1) is 25.2 Å². The zero-order valence-electron chi connectivity index (χ0n) is 19.1. The molecule has 0 bridgehead atoms. The van der Waals surface area contributed by atoms with E-state index in [1.54, 1.807) is 0 Å². The van der Waals surface area contributed by atoms with Crippen molar-refractivity contribution in [3.05, 3.63) is 58.4 Å². The highest BCUT2D eigenvalue weighted by Gasteiger charge is 2.22. The third-order valence-electron chi connectivity index (χ3n) is 5.68. The van der Waals surface area contributed by atoms with Gasteiger partial charge >= 0.3 is 5.97 Å². The van der Waals surface area contributed by atoms with E-state index in [2.05, 4.69) is 4.57 Å². The maximum atomic E-state index is 12.7. The zero-order chi connectivity index (χ0) is 23.3. The molecule has 1 aromatic heterocycles. The molecule has 0 N–H and O–H groups in total. The van der Waals surface area contributed by atoms with Gasteiger partial charge in [0.25, 0.3) is 0 Å². The number of carbonyl (C=O) groups excluding carboxylic acids is 2. The molecule has 0 amide bonds. The number of ether oxygens (including phenoxy) is 2. The van der Waals surface area contributed by atoms with Crippen molar-refractivity contribution in [3.63, 3.8) is 0 Å². The van der Waals surface area contributed by atoms with Crippen LogP contribution >= 0.6 is 0 Å². The average molecular weight is 436 g/mol. The molecular formula is C25H29N3O4. The van der Waals surface area contributed by atoms with Crippen molar-refractivity contribution in [2.45, 2.75) is 39.3 Å². The Labute approximate surface area is 188 Å². The molecule has 1 atom stereocenters. The molecule has 1 aliphatic heterocycles. The number of hydrogen-bond acceptors (Lipinski definition) is 6. The smallest absolute Gasteiger partial charge is 0.349 e. The number of ketones is 1. The molecule has 0 spiro atoms. The van der Waals surface area contributed by atoms with E-state index >= 15 is 0 Å². The quantitative estimate of drug-likeness (QED) is 0.272. The number of rotatable bonds is 8. The van der Waals surface area contributed by atoms with Gasteiger partial charge in [-0.2, -0.15) is 5.26 Å². The summed E-state index contributed by atoms with van der Waals surface area (Å²) in [6.07, 6.45) is 3.69. The van der Waals surface area contributed by atoms with Gasteiger partial charge in [0.1, 0.15) is 11.6 Å². The first-order chi connectivity index (χ1) is 15.3. The summed E-state index contributed by atoms with van der Waals surface area (Å²) in [5.74, 6) is -1.11. The van der Waals surface area contributed by atoms with Gasteiger partial charge in [-0.25, -0.2) is 4.79 Å². The lowest BCUT2D eigenvalue weighted by Crippen LogP contribution is -2.18. The molecule has 1 unspecified atom stereocenters. The van der Waals surface area contributed by atoms with E-state index in [0.717, 1.165) is 36.5 Å². The molecule has 1 aliphatic rings. The standard InChI is InChI=1S/C25H29N3O4/c1-17-12-23(18(2)28(17)15-22-6-5-11-31-22)24(29)16-32-25(30)20(14-26)13-19-7-9-21(10-8-19)27(3)4/h7-10,12-13,22H,5-6,11,15-16H2,1-4H3/b20-13+. The van der Waals surface area contributed by atoms with Crippen LogP contribution in [0.3, 0.4) is 0 Å². The Bertz CT molecular complexity index is 1050. The maximum absolute atomic E-state index is 12.7. The second-order valence-electron chi connectivity index (χ2n) is 8.19. The van der Waals surface area contributed by atoms with Crippen LogP contribution in [0.5, 0.6) is 0 Å². The summed E-state index contributed by atoms with van der Waals surface area (Å²) < 4.78 is 12.9. The Morgan fingerprint density at radius 1 is 1.28 bits per heavy atom. The lowest BCUT2D eigenvalue weighted by atomic mass is 10.1. The number of aryl methyl sites for hydroxylation is 1. The van der Waals surface area contributed by atoms with Gasteiger partial charge in [0.05, 0.1) is 6.10 Å². The summed E-state index contributed by atoms with van der Waals surface area (Å²) in [6.45, 7) is 4.90. The van der Waals surface area contributed by atoms with Crippen LogP contribution in [0.2, 0.25) is 0 Å². The molecule has 7 nitrogen and oxygen atoms in total. The molecule has 1 fully saturated rings. The molecule has 32 heavy (non-hydrogen) atoms. The molecule has 0 saturated carbocycles. The third-order valence-corrected chi connectivity index (χ3v) is 5.68. The van der Waals surface area contributed by atoms with Gasteiger partial charge in [-0.3, -0.25) is 4.79 Å². The molecule has 1 saturated heterocycles. The van der Waals surface area contributed by atoms with Crippen molar-refractivity contribution in [1.82, 2.24) is 4.57 Å². The number of nitrogens with zero attached hydrogens (tertiary/aromatic N) is 3. The zero-order valence-corrected chi connectivity index (χ0v) is 19.1. The summed E-state index contributed by atoms with van der Waals surface area (Å²) in [5, 5.41) is 9.37.